The van der Waals surface area contributed by atoms with Crippen LogP contribution < -0.4 is 0 Å². The summed E-state index contributed by atoms with van der Waals surface area (Å²) in [5.74, 6) is 0.368. The highest BCUT2D eigenvalue weighted by Crippen LogP contribution is 2.19. The second-order valence-electron chi connectivity index (χ2n) is 6.10. The largest absolute Gasteiger partial charge is 0.248 e. The van der Waals surface area contributed by atoms with E-state index in [2.05, 4.69) is 78.9 Å². The molecule has 0 N–H and O–H groups in total. The van der Waals surface area contributed by atoms with Gasteiger partial charge in [0.05, 0.1) is 12.2 Å². The second-order valence-corrected chi connectivity index (χ2v) is 6.10. The molecule has 0 radical (unpaired) electrons. The van der Waals surface area contributed by atoms with Gasteiger partial charge in [0.15, 0.2) is 0 Å². The van der Waals surface area contributed by atoms with Gasteiger partial charge in [-0.3, -0.25) is 0 Å². The first-order valence-corrected chi connectivity index (χ1v) is 8.26. The van der Waals surface area contributed by atoms with E-state index in [1.54, 1.807) is 0 Å². The van der Waals surface area contributed by atoms with Gasteiger partial charge in [0.25, 0.3) is 0 Å². The molecule has 0 fully saturated rings. The van der Waals surface area contributed by atoms with Crippen molar-refractivity contribution in [3.8, 4) is 0 Å². The van der Waals surface area contributed by atoms with Crippen LogP contribution in [0.1, 0.15) is 42.1 Å². The minimum atomic E-state index is 0.368. The smallest absolute Gasteiger partial charge is 0.0858 e. The van der Waals surface area contributed by atoms with E-state index in [4.69, 9.17) is 0 Å². The summed E-state index contributed by atoms with van der Waals surface area (Å²) in [6.45, 7) is 5.17. The monoisotopic (exact) mass is 305 g/mol. The van der Waals surface area contributed by atoms with Gasteiger partial charge in [-0.25, -0.2) is 4.68 Å². The SMILES string of the molecule is CCc1ccc(CC(C)c2cn(Cc3ccccc3)nn2)cc1. The molecule has 0 bridgehead atoms. The van der Waals surface area contributed by atoms with Crippen molar-refractivity contribution in [3.05, 3.63) is 83.2 Å². The highest BCUT2D eigenvalue weighted by Gasteiger charge is 2.11. The Morgan fingerprint density at radius 1 is 0.913 bits per heavy atom. The molecule has 0 aliphatic heterocycles. The van der Waals surface area contributed by atoms with Crippen LogP contribution >= 0.6 is 0 Å². The highest BCUT2D eigenvalue weighted by atomic mass is 15.4. The van der Waals surface area contributed by atoms with Gasteiger partial charge in [-0.2, -0.15) is 0 Å². The van der Waals surface area contributed by atoms with Crippen molar-refractivity contribution in [1.29, 1.82) is 0 Å². The fraction of sp³-hybridized carbons (Fsp3) is 0.300. The Morgan fingerprint density at radius 3 is 2.30 bits per heavy atom. The molecule has 0 aliphatic rings. The van der Waals surface area contributed by atoms with Crippen LogP contribution in [-0.4, -0.2) is 15.0 Å². The van der Waals surface area contributed by atoms with E-state index in [-0.39, 0.29) is 0 Å². The van der Waals surface area contributed by atoms with Crippen molar-refractivity contribution in [2.75, 3.05) is 0 Å². The Kier molecular flexibility index (Phi) is 4.86. The lowest BCUT2D eigenvalue weighted by molar-refractivity contribution is 0.647. The summed E-state index contributed by atoms with van der Waals surface area (Å²) < 4.78 is 1.92. The number of nitrogens with zero attached hydrogens (tertiary/aromatic N) is 3. The molecular formula is C20H23N3. The van der Waals surface area contributed by atoms with Crippen molar-refractivity contribution in [2.45, 2.75) is 39.2 Å². The van der Waals surface area contributed by atoms with Crippen LogP contribution in [0.2, 0.25) is 0 Å². The Bertz CT molecular complexity index is 729. The maximum Gasteiger partial charge on any atom is 0.0858 e. The lowest BCUT2D eigenvalue weighted by Crippen LogP contribution is -2.00. The standard InChI is InChI=1S/C20H23N3/c1-3-17-9-11-18(12-10-17)13-16(2)20-15-23(22-21-20)14-19-7-5-4-6-8-19/h4-12,15-16H,3,13-14H2,1-2H3. The molecule has 118 valence electrons. The lowest BCUT2D eigenvalue weighted by atomic mass is 9.97. The van der Waals surface area contributed by atoms with E-state index >= 15 is 0 Å². The third-order valence-corrected chi connectivity index (χ3v) is 4.22. The molecule has 0 saturated carbocycles. The third-order valence-electron chi connectivity index (χ3n) is 4.22. The maximum absolute atomic E-state index is 4.36. The summed E-state index contributed by atoms with van der Waals surface area (Å²) in [7, 11) is 0. The molecule has 0 spiro atoms. The van der Waals surface area contributed by atoms with Crippen molar-refractivity contribution in [2.24, 2.45) is 0 Å². The lowest BCUT2D eigenvalue weighted by Gasteiger charge is -2.08. The van der Waals surface area contributed by atoms with E-state index in [0.29, 0.717) is 5.92 Å². The first kappa shape index (κ1) is 15.5. The summed E-state index contributed by atoms with van der Waals surface area (Å²) in [5.41, 5.74) is 5.04. The predicted molar refractivity (Wildman–Crippen MR) is 93.5 cm³/mol. The van der Waals surface area contributed by atoms with Gasteiger partial charge < -0.3 is 0 Å². The van der Waals surface area contributed by atoms with Gasteiger partial charge >= 0.3 is 0 Å². The first-order valence-electron chi connectivity index (χ1n) is 8.26. The highest BCUT2D eigenvalue weighted by molar-refractivity contribution is 5.24. The zero-order chi connectivity index (χ0) is 16.1. The maximum atomic E-state index is 4.36. The molecule has 1 atom stereocenters. The molecule has 3 aromatic rings. The van der Waals surface area contributed by atoms with E-state index in [0.717, 1.165) is 25.1 Å². The summed E-state index contributed by atoms with van der Waals surface area (Å²) >= 11 is 0. The molecule has 1 heterocycles. The average molecular weight is 305 g/mol. The summed E-state index contributed by atoms with van der Waals surface area (Å²) in [4.78, 5) is 0. The minimum Gasteiger partial charge on any atom is -0.248 e. The normalized spacial score (nSPS) is 12.3. The molecule has 0 amide bonds. The Balaban J connectivity index is 1.64. The number of hydrogen-bond donors (Lipinski definition) is 0. The van der Waals surface area contributed by atoms with Crippen LogP contribution in [0.5, 0.6) is 0 Å². The molecule has 1 unspecified atom stereocenters. The van der Waals surface area contributed by atoms with Crippen molar-refractivity contribution < 1.29 is 0 Å². The van der Waals surface area contributed by atoms with E-state index < -0.39 is 0 Å². The fourth-order valence-electron chi connectivity index (χ4n) is 2.76. The first-order chi connectivity index (χ1) is 11.2. The predicted octanol–water partition coefficient (Wildman–Crippen LogP) is 4.24. The Labute approximate surface area is 138 Å². The van der Waals surface area contributed by atoms with Crippen LogP contribution in [0.15, 0.2) is 60.8 Å². The van der Waals surface area contributed by atoms with Crippen molar-refractivity contribution >= 4 is 0 Å². The topological polar surface area (TPSA) is 30.7 Å². The molecule has 0 saturated heterocycles. The quantitative estimate of drug-likeness (QED) is 0.682. The van der Waals surface area contributed by atoms with Crippen molar-refractivity contribution in [3.63, 3.8) is 0 Å². The van der Waals surface area contributed by atoms with Crippen LogP contribution in [-0.2, 0) is 19.4 Å². The molecule has 3 heteroatoms. The van der Waals surface area contributed by atoms with Gasteiger partial charge in [0, 0.05) is 12.1 Å². The minimum absolute atomic E-state index is 0.368. The average Bonchev–Trinajstić information content (AvgIpc) is 3.05. The van der Waals surface area contributed by atoms with Crippen molar-refractivity contribution in [1.82, 2.24) is 15.0 Å². The van der Waals surface area contributed by atoms with Crippen LogP contribution in [0.4, 0.5) is 0 Å². The Morgan fingerprint density at radius 2 is 1.61 bits per heavy atom. The third kappa shape index (κ3) is 4.07. The van der Waals surface area contributed by atoms with Crippen LogP contribution in [0.3, 0.4) is 0 Å². The zero-order valence-electron chi connectivity index (χ0n) is 13.8. The van der Waals surface area contributed by atoms with E-state index in [9.17, 15) is 0 Å². The molecule has 2 aromatic carbocycles. The summed E-state index contributed by atoms with van der Waals surface area (Å²) in [6.07, 6.45) is 4.15. The van der Waals surface area contributed by atoms with Gasteiger partial charge in [0.1, 0.15) is 0 Å². The number of aromatic nitrogens is 3. The van der Waals surface area contributed by atoms with Gasteiger partial charge in [-0.1, -0.05) is 73.7 Å². The number of rotatable bonds is 6. The fourth-order valence-corrected chi connectivity index (χ4v) is 2.76. The van der Waals surface area contributed by atoms with Gasteiger partial charge in [-0.15, -0.1) is 5.10 Å². The molecule has 3 rings (SSSR count). The van der Waals surface area contributed by atoms with Gasteiger partial charge in [-0.05, 0) is 29.5 Å². The molecule has 3 nitrogen and oxygen atoms in total. The number of aryl methyl sites for hydroxylation is 1. The second kappa shape index (κ2) is 7.23. The molecule has 0 aliphatic carbocycles. The zero-order valence-corrected chi connectivity index (χ0v) is 13.8. The van der Waals surface area contributed by atoms with Gasteiger partial charge in [0.2, 0.25) is 0 Å². The molecule has 23 heavy (non-hydrogen) atoms. The molecular weight excluding hydrogens is 282 g/mol. The van der Waals surface area contributed by atoms with Crippen LogP contribution in [0, 0.1) is 0 Å². The van der Waals surface area contributed by atoms with E-state index in [1.807, 2.05) is 10.7 Å². The molecule has 1 aromatic heterocycles. The van der Waals surface area contributed by atoms with Crippen LogP contribution in [0.25, 0.3) is 0 Å². The van der Waals surface area contributed by atoms with E-state index in [1.165, 1.54) is 16.7 Å². The summed E-state index contributed by atoms with van der Waals surface area (Å²) in [6, 6.07) is 19.2. The summed E-state index contributed by atoms with van der Waals surface area (Å²) in [5, 5.41) is 8.62. The number of benzene rings is 2. The number of hydrogen-bond acceptors (Lipinski definition) is 2. The Hall–Kier alpha value is -2.42.